The fourth-order valence-corrected chi connectivity index (χ4v) is 2.48. The van der Waals surface area contributed by atoms with Crippen LogP contribution in [0.3, 0.4) is 0 Å². The number of hydrogen-bond donors (Lipinski definition) is 0. The molecule has 15 heavy (non-hydrogen) atoms. The predicted octanol–water partition coefficient (Wildman–Crippen LogP) is 4.90. The van der Waals surface area contributed by atoms with Gasteiger partial charge in [0.25, 0.3) is 0 Å². The molecule has 1 heteroatoms. The molecule has 0 N–H and O–H groups in total. The van der Waals surface area contributed by atoms with Gasteiger partial charge in [-0.2, -0.15) is 0 Å². The van der Waals surface area contributed by atoms with Crippen molar-refractivity contribution >= 4 is 16.9 Å². The van der Waals surface area contributed by atoms with E-state index in [4.69, 9.17) is 0 Å². The molecule has 0 aliphatic rings. The van der Waals surface area contributed by atoms with E-state index in [0.717, 1.165) is 0 Å². The van der Waals surface area contributed by atoms with Crippen LogP contribution in [-0.2, 0) is 0 Å². The van der Waals surface area contributed by atoms with Crippen molar-refractivity contribution in [3.8, 4) is 0 Å². The lowest BCUT2D eigenvalue weighted by atomic mass is 10.1. The van der Waals surface area contributed by atoms with E-state index in [2.05, 4.69) is 57.2 Å². The first-order valence-electron chi connectivity index (χ1n) is 5.22. The average Bonchev–Trinajstić information content (AvgIpc) is 2.52. The summed E-state index contributed by atoms with van der Waals surface area (Å²) in [5.74, 6) is 0. The van der Waals surface area contributed by atoms with Crippen LogP contribution in [0.15, 0.2) is 36.4 Å². The molecule has 0 radical (unpaired) electrons. The van der Waals surface area contributed by atoms with Crippen LogP contribution in [0.1, 0.15) is 29.2 Å². The van der Waals surface area contributed by atoms with E-state index in [-0.39, 0.29) is 0 Å². The Bertz CT molecular complexity index is 403. The molecule has 1 heterocycles. The monoisotopic (exact) mass is 218 g/mol. The Morgan fingerprint density at radius 3 is 2.40 bits per heavy atom. The van der Waals surface area contributed by atoms with Crippen molar-refractivity contribution in [1.82, 2.24) is 0 Å². The topological polar surface area (TPSA) is 0 Å². The molecule has 80 valence electrons. The Balaban J connectivity index is 3.15. The van der Waals surface area contributed by atoms with Crippen LogP contribution in [0.25, 0.3) is 5.57 Å². The van der Waals surface area contributed by atoms with Crippen molar-refractivity contribution in [2.45, 2.75) is 27.7 Å². The first kappa shape index (κ1) is 12.0. The van der Waals surface area contributed by atoms with Crippen molar-refractivity contribution in [1.29, 1.82) is 0 Å². The minimum absolute atomic E-state index is 1.29. The molecule has 0 amide bonds. The molecule has 0 saturated carbocycles. The molecule has 0 saturated heterocycles. The van der Waals surface area contributed by atoms with Crippen LogP contribution >= 0.6 is 11.3 Å². The highest BCUT2D eigenvalue weighted by Gasteiger charge is 2.04. The van der Waals surface area contributed by atoms with E-state index < -0.39 is 0 Å². The Kier molecular flexibility index (Phi) is 4.57. The molecular formula is C14H18S. The molecule has 0 aliphatic heterocycles. The van der Waals surface area contributed by atoms with Crippen LogP contribution in [0.2, 0.25) is 0 Å². The lowest BCUT2D eigenvalue weighted by Crippen LogP contribution is -1.79. The lowest BCUT2D eigenvalue weighted by Gasteiger charge is -1.99. The Hall–Kier alpha value is -1.08. The summed E-state index contributed by atoms with van der Waals surface area (Å²) >= 11 is 1.86. The van der Waals surface area contributed by atoms with Crippen LogP contribution in [0.4, 0.5) is 0 Å². The molecule has 0 unspecified atom stereocenters. The molecule has 1 aromatic heterocycles. The predicted molar refractivity (Wildman–Crippen MR) is 71.4 cm³/mol. The van der Waals surface area contributed by atoms with Crippen molar-refractivity contribution in [3.63, 3.8) is 0 Å². The molecule has 0 fully saturated rings. The van der Waals surface area contributed by atoms with Crippen molar-refractivity contribution < 1.29 is 0 Å². The largest absolute Gasteiger partial charge is 0.145 e. The molecule has 0 aliphatic carbocycles. The minimum Gasteiger partial charge on any atom is -0.145 e. The van der Waals surface area contributed by atoms with E-state index in [1.807, 2.05) is 18.3 Å². The molecule has 1 aromatic rings. The van der Waals surface area contributed by atoms with Crippen molar-refractivity contribution in [2.75, 3.05) is 0 Å². The second-order valence-corrected chi connectivity index (χ2v) is 4.94. The molecule has 0 spiro atoms. The normalized spacial score (nSPS) is 13.2. The number of allylic oxidation sites excluding steroid dienone is 6. The number of hydrogen-bond acceptors (Lipinski definition) is 1. The first-order chi connectivity index (χ1) is 7.19. The maximum absolute atomic E-state index is 2.26. The second-order valence-electron chi connectivity index (χ2n) is 3.47. The second kappa shape index (κ2) is 5.72. The maximum Gasteiger partial charge on any atom is 0.00954 e. The van der Waals surface area contributed by atoms with E-state index >= 15 is 0 Å². The van der Waals surface area contributed by atoms with Gasteiger partial charge in [-0.1, -0.05) is 30.4 Å². The zero-order valence-corrected chi connectivity index (χ0v) is 10.7. The highest BCUT2D eigenvalue weighted by molar-refractivity contribution is 7.12. The van der Waals surface area contributed by atoms with Gasteiger partial charge in [0, 0.05) is 9.75 Å². The Morgan fingerprint density at radius 2 is 1.93 bits per heavy atom. The van der Waals surface area contributed by atoms with Crippen LogP contribution < -0.4 is 0 Å². The first-order valence-corrected chi connectivity index (χ1v) is 6.03. The van der Waals surface area contributed by atoms with Crippen LogP contribution in [0.5, 0.6) is 0 Å². The number of thiophene rings is 1. The van der Waals surface area contributed by atoms with Gasteiger partial charge >= 0.3 is 0 Å². The lowest BCUT2D eigenvalue weighted by molar-refractivity contribution is 1.54. The zero-order chi connectivity index (χ0) is 11.3. The molecule has 0 atom stereocenters. The Morgan fingerprint density at radius 1 is 1.20 bits per heavy atom. The summed E-state index contributed by atoms with van der Waals surface area (Å²) in [6.45, 7) is 8.43. The van der Waals surface area contributed by atoms with Gasteiger partial charge < -0.3 is 0 Å². The maximum atomic E-state index is 2.26. The van der Waals surface area contributed by atoms with Gasteiger partial charge in [-0.25, -0.2) is 0 Å². The summed E-state index contributed by atoms with van der Waals surface area (Å²) in [7, 11) is 0. The summed E-state index contributed by atoms with van der Waals surface area (Å²) in [5, 5.41) is 0. The van der Waals surface area contributed by atoms with Gasteiger partial charge in [0.2, 0.25) is 0 Å². The molecule has 0 nitrogen and oxygen atoms in total. The minimum atomic E-state index is 1.29. The quantitative estimate of drug-likeness (QED) is 0.633. The summed E-state index contributed by atoms with van der Waals surface area (Å²) in [6.07, 6.45) is 10.5. The van der Waals surface area contributed by atoms with E-state index in [0.29, 0.717) is 0 Å². The van der Waals surface area contributed by atoms with Gasteiger partial charge in [0.05, 0.1) is 0 Å². The third kappa shape index (κ3) is 3.21. The fraction of sp³-hybridized carbons (Fsp3) is 0.286. The van der Waals surface area contributed by atoms with Crippen molar-refractivity contribution in [3.05, 3.63) is 51.8 Å². The van der Waals surface area contributed by atoms with Gasteiger partial charge in [0.1, 0.15) is 0 Å². The van der Waals surface area contributed by atoms with E-state index in [9.17, 15) is 0 Å². The number of aryl methyl sites for hydroxylation is 2. The molecular weight excluding hydrogens is 200 g/mol. The van der Waals surface area contributed by atoms with Gasteiger partial charge in [0.15, 0.2) is 0 Å². The van der Waals surface area contributed by atoms with E-state index in [1.165, 1.54) is 20.9 Å². The molecule has 0 bridgehead atoms. The highest BCUT2D eigenvalue weighted by atomic mass is 32.1. The Labute approximate surface area is 96.7 Å². The van der Waals surface area contributed by atoms with Gasteiger partial charge in [-0.15, -0.1) is 11.3 Å². The summed E-state index contributed by atoms with van der Waals surface area (Å²) < 4.78 is 0. The fourth-order valence-electron chi connectivity index (χ4n) is 1.53. The SMILES string of the molecule is C\C=C/C(=C\C=C\C)c1cc(C)sc1C. The standard InChI is InChI=1S/C14H18S/c1-5-7-9-13(8-6-2)14-10-11(3)15-12(14)4/h5-10H,1-4H3/b7-5+,8-6-,13-9+. The summed E-state index contributed by atoms with van der Waals surface area (Å²) in [4.78, 5) is 2.76. The third-order valence-electron chi connectivity index (χ3n) is 2.17. The summed E-state index contributed by atoms with van der Waals surface area (Å²) in [6, 6.07) is 2.26. The molecule has 0 aromatic carbocycles. The zero-order valence-electron chi connectivity index (χ0n) is 9.87. The average molecular weight is 218 g/mol. The third-order valence-corrected chi connectivity index (χ3v) is 3.13. The van der Waals surface area contributed by atoms with Gasteiger partial charge in [-0.3, -0.25) is 0 Å². The smallest absolute Gasteiger partial charge is 0.00954 e. The highest BCUT2D eigenvalue weighted by Crippen LogP contribution is 2.28. The van der Waals surface area contributed by atoms with Crippen LogP contribution in [-0.4, -0.2) is 0 Å². The van der Waals surface area contributed by atoms with Gasteiger partial charge in [-0.05, 0) is 44.9 Å². The molecule has 1 rings (SSSR count). The van der Waals surface area contributed by atoms with Crippen LogP contribution in [0, 0.1) is 13.8 Å². The summed E-state index contributed by atoms with van der Waals surface area (Å²) in [5.41, 5.74) is 2.64. The van der Waals surface area contributed by atoms with Crippen molar-refractivity contribution in [2.24, 2.45) is 0 Å². The number of rotatable bonds is 3. The van der Waals surface area contributed by atoms with E-state index in [1.54, 1.807) is 0 Å².